The molecule has 2 aliphatic heterocycles. The van der Waals surface area contributed by atoms with Crippen LogP contribution in [0.1, 0.15) is 40.0 Å². The molecule has 4 atom stereocenters. The third-order valence-electron chi connectivity index (χ3n) is 3.73. The number of rotatable bonds is 1. The topological polar surface area (TPSA) is 3.24 Å². The summed E-state index contributed by atoms with van der Waals surface area (Å²) in [6.07, 6.45) is 4.30. The first-order chi connectivity index (χ1) is 6.09. The maximum atomic E-state index is 2.78. The summed E-state index contributed by atoms with van der Waals surface area (Å²) in [5.41, 5.74) is 0. The SMILES string of the molecule is CC1CC2CC(I)CC1N2C(C)C. The fourth-order valence-electron chi connectivity index (χ4n) is 3.30. The Bertz CT molecular complexity index is 191. The molecule has 2 fully saturated rings. The second kappa shape index (κ2) is 3.69. The molecule has 0 amide bonds. The zero-order valence-electron chi connectivity index (χ0n) is 8.83. The quantitative estimate of drug-likeness (QED) is 0.530. The van der Waals surface area contributed by atoms with Gasteiger partial charge in [0.15, 0.2) is 0 Å². The summed E-state index contributed by atoms with van der Waals surface area (Å²) >= 11 is 2.64. The highest BCUT2D eigenvalue weighted by atomic mass is 127. The summed E-state index contributed by atoms with van der Waals surface area (Å²) in [4.78, 5) is 2.78. The van der Waals surface area contributed by atoms with E-state index in [1.807, 2.05) is 0 Å². The van der Waals surface area contributed by atoms with Gasteiger partial charge < -0.3 is 0 Å². The van der Waals surface area contributed by atoms with Crippen molar-refractivity contribution in [1.29, 1.82) is 0 Å². The highest BCUT2D eigenvalue weighted by Crippen LogP contribution is 2.42. The van der Waals surface area contributed by atoms with Crippen molar-refractivity contribution in [3.8, 4) is 0 Å². The standard InChI is InChI=1S/C11H20IN/c1-7(2)13-10-4-8(3)11(13)6-9(12)5-10/h7-11H,4-6H2,1-3H3. The molecule has 0 aromatic heterocycles. The largest absolute Gasteiger partial charge is 0.295 e. The van der Waals surface area contributed by atoms with Crippen molar-refractivity contribution in [2.75, 3.05) is 0 Å². The van der Waals surface area contributed by atoms with Crippen molar-refractivity contribution in [3.63, 3.8) is 0 Å². The molecule has 2 heterocycles. The van der Waals surface area contributed by atoms with Crippen LogP contribution in [0.15, 0.2) is 0 Å². The van der Waals surface area contributed by atoms with Gasteiger partial charge in [0.05, 0.1) is 0 Å². The molecule has 2 bridgehead atoms. The summed E-state index contributed by atoms with van der Waals surface area (Å²) in [6, 6.07) is 2.54. The van der Waals surface area contributed by atoms with Crippen LogP contribution < -0.4 is 0 Å². The van der Waals surface area contributed by atoms with Gasteiger partial charge >= 0.3 is 0 Å². The Hall–Kier alpha value is 0.690. The number of fused-ring (bicyclic) bond motifs is 2. The fourth-order valence-corrected chi connectivity index (χ4v) is 4.41. The van der Waals surface area contributed by atoms with Gasteiger partial charge in [0.25, 0.3) is 0 Å². The third kappa shape index (κ3) is 1.76. The molecule has 0 aromatic rings. The molecule has 0 aromatic carbocycles. The van der Waals surface area contributed by atoms with E-state index in [2.05, 4.69) is 48.3 Å². The van der Waals surface area contributed by atoms with Crippen LogP contribution >= 0.6 is 22.6 Å². The average molecular weight is 293 g/mol. The molecule has 0 spiro atoms. The van der Waals surface area contributed by atoms with E-state index >= 15 is 0 Å². The zero-order valence-corrected chi connectivity index (χ0v) is 11.0. The molecule has 2 heteroatoms. The molecule has 2 aliphatic rings. The number of alkyl halides is 1. The van der Waals surface area contributed by atoms with Crippen LogP contribution in [-0.4, -0.2) is 27.0 Å². The molecule has 0 N–H and O–H groups in total. The van der Waals surface area contributed by atoms with E-state index in [1.165, 1.54) is 19.3 Å². The monoisotopic (exact) mass is 293 g/mol. The number of halogens is 1. The summed E-state index contributed by atoms with van der Waals surface area (Å²) in [6.45, 7) is 7.14. The Morgan fingerprint density at radius 2 is 1.92 bits per heavy atom. The van der Waals surface area contributed by atoms with Gasteiger partial charge in [-0.3, -0.25) is 4.90 Å². The first-order valence-electron chi connectivity index (χ1n) is 5.51. The van der Waals surface area contributed by atoms with Gasteiger partial charge in [0.2, 0.25) is 0 Å². The number of nitrogens with zero attached hydrogens (tertiary/aromatic N) is 1. The Balaban J connectivity index is 2.15. The fraction of sp³-hybridized carbons (Fsp3) is 1.00. The van der Waals surface area contributed by atoms with Crippen LogP contribution in [0.2, 0.25) is 0 Å². The highest BCUT2D eigenvalue weighted by Gasteiger charge is 2.44. The van der Waals surface area contributed by atoms with E-state index in [9.17, 15) is 0 Å². The average Bonchev–Trinajstić information content (AvgIpc) is 2.21. The van der Waals surface area contributed by atoms with E-state index in [-0.39, 0.29) is 0 Å². The van der Waals surface area contributed by atoms with Crippen LogP contribution in [-0.2, 0) is 0 Å². The maximum Gasteiger partial charge on any atom is 0.0139 e. The molecular weight excluding hydrogens is 273 g/mol. The van der Waals surface area contributed by atoms with E-state index in [0.717, 1.165) is 28.0 Å². The Labute approximate surface area is 95.4 Å². The summed E-state index contributed by atoms with van der Waals surface area (Å²) in [5, 5.41) is 0. The van der Waals surface area contributed by atoms with Crippen LogP contribution in [0.25, 0.3) is 0 Å². The smallest absolute Gasteiger partial charge is 0.0139 e. The minimum atomic E-state index is 0.754. The number of piperidine rings is 1. The highest BCUT2D eigenvalue weighted by molar-refractivity contribution is 14.1. The lowest BCUT2D eigenvalue weighted by Crippen LogP contribution is -2.47. The Morgan fingerprint density at radius 1 is 1.23 bits per heavy atom. The normalized spacial score (nSPS) is 45.9. The molecule has 0 radical (unpaired) electrons. The van der Waals surface area contributed by atoms with Crippen molar-refractivity contribution in [2.24, 2.45) is 5.92 Å². The van der Waals surface area contributed by atoms with E-state index in [1.54, 1.807) is 0 Å². The Kier molecular flexibility index (Phi) is 2.90. The molecular formula is C11H20IN. The van der Waals surface area contributed by atoms with E-state index < -0.39 is 0 Å². The van der Waals surface area contributed by atoms with Gasteiger partial charge in [-0.05, 0) is 39.0 Å². The molecule has 0 aliphatic carbocycles. The van der Waals surface area contributed by atoms with Gasteiger partial charge in [0, 0.05) is 22.1 Å². The van der Waals surface area contributed by atoms with E-state index in [0.29, 0.717) is 0 Å². The molecule has 2 saturated heterocycles. The van der Waals surface area contributed by atoms with Crippen LogP contribution in [0.3, 0.4) is 0 Å². The van der Waals surface area contributed by atoms with Crippen molar-refractivity contribution >= 4 is 22.6 Å². The van der Waals surface area contributed by atoms with Gasteiger partial charge in [-0.25, -0.2) is 0 Å². The van der Waals surface area contributed by atoms with Gasteiger partial charge in [-0.2, -0.15) is 0 Å². The zero-order chi connectivity index (χ0) is 9.59. The summed E-state index contributed by atoms with van der Waals surface area (Å²) in [7, 11) is 0. The third-order valence-corrected chi connectivity index (χ3v) is 4.74. The predicted octanol–water partition coefficient (Wildman–Crippen LogP) is 3.07. The van der Waals surface area contributed by atoms with Crippen molar-refractivity contribution in [3.05, 3.63) is 0 Å². The van der Waals surface area contributed by atoms with Crippen molar-refractivity contribution < 1.29 is 0 Å². The number of hydrogen-bond acceptors (Lipinski definition) is 1. The second-order valence-electron chi connectivity index (χ2n) is 5.04. The molecule has 1 nitrogen and oxygen atoms in total. The van der Waals surface area contributed by atoms with Crippen LogP contribution in [0, 0.1) is 5.92 Å². The summed E-state index contributed by atoms with van der Waals surface area (Å²) < 4.78 is 0.938. The second-order valence-corrected chi connectivity index (χ2v) is 6.81. The van der Waals surface area contributed by atoms with Crippen LogP contribution in [0.5, 0.6) is 0 Å². The maximum absolute atomic E-state index is 2.78. The lowest BCUT2D eigenvalue weighted by molar-refractivity contribution is 0.101. The van der Waals surface area contributed by atoms with Crippen molar-refractivity contribution in [1.82, 2.24) is 4.90 Å². The first-order valence-corrected chi connectivity index (χ1v) is 6.75. The minimum absolute atomic E-state index is 0.754. The molecule has 0 saturated carbocycles. The lowest BCUT2D eigenvalue weighted by Gasteiger charge is -2.40. The van der Waals surface area contributed by atoms with Gasteiger partial charge in [-0.1, -0.05) is 29.5 Å². The van der Waals surface area contributed by atoms with Gasteiger partial charge in [-0.15, -0.1) is 0 Å². The molecule has 2 rings (SSSR count). The lowest BCUT2D eigenvalue weighted by atomic mass is 9.98. The first kappa shape index (κ1) is 10.2. The number of hydrogen-bond donors (Lipinski definition) is 0. The Morgan fingerprint density at radius 3 is 2.46 bits per heavy atom. The van der Waals surface area contributed by atoms with Gasteiger partial charge in [0.1, 0.15) is 0 Å². The predicted molar refractivity (Wildman–Crippen MR) is 65.4 cm³/mol. The molecule has 13 heavy (non-hydrogen) atoms. The minimum Gasteiger partial charge on any atom is -0.295 e. The molecule has 76 valence electrons. The van der Waals surface area contributed by atoms with Crippen LogP contribution in [0.4, 0.5) is 0 Å². The summed E-state index contributed by atoms with van der Waals surface area (Å²) in [5.74, 6) is 0.937. The molecule has 4 unspecified atom stereocenters. The van der Waals surface area contributed by atoms with Crippen molar-refractivity contribution in [2.45, 2.75) is 62.1 Å². The van der Waals surface area contributed by atoms with E-state index in [4.69, 9.17) is 0 Å².